The number of hydrogen-bond donors (Lipinski definition) is 2. The van der Waals surface area contributed by atoms with Crippen molar-refractivity contribution < 1.29 is 4.39 Å². The Hall–Kier alpha value is -1.68. The van der Waals surface area contributed by atoms with Gasteiger partial charge in [0, 0.05) is 11.1 Å². The Kier molecular flexibility index (Phi) is 2.98. The van der Waals surface area contributed by atoms with Crippen LogP contribution < -0.4 is 11.3 Å². The molecule has 0 atom stereocenters. The van der Waals surface area contributed by atoms with Gasteiger partial charge >= 0.3 is 0 Å². The number of aromatic nitrogens is 1. The normalized spacial score (nSPS) is 10.9. The lowest BCUT2D eigenvalue weighted by Gasteiger charge is -2.15. The number of hydrogen-bond acceptors (Lipinski definition) is 3. The molecule has 3 N–H and O–H groups in total. The average molecular weight is 233 g/mol. The molecule has 17 heavy (non-hydrogen) atoms. The molecule has 1 aromatic carbocycles. The third-order valence-corrected chi connectivity index (χ3v) is 3.10. The Morgan fingerprint density at radius 2 is 2.06 bits per heavy atom. The number of halogens is 1. The minimum absolute atomic E-state index is 0.312. The van der Waals surface area contributed by atoms with Crippen molar-refractivity contribution >= 4 is 16.6 Å². The number of aryl methyl sites for hydroxylation is 2. The summed E-state index contributed by atoms with van der Waals surface area (Å²) in [6.45, 7) is 5.84. The van der Waals surface area contributed by atoms with E-state index in [9.17, 15) is 4.39 Å². The summed E-state index contributed by atoms with van der Waals surface area (Å²) in [5.41, 5.74) is 6.68. The van der Waals surface area contributed by atoms with Gasteiger partial charge in [-0.05, 0) is 37.5 Å². The van der Waals surface area contributed by atoms with Crippen molar-refractivity contribution in [3.05, 3.63) is 34.8 Å². The van der Waals surface area contributed by atoms with Gasteiger partial charge in [0.2, 0.25) is 0 Å². The van der Waals surface area contributed by atoms with Gasteiger partial charge in [-0.1, -0.05) is 13.0 Å². The van der Waals surface area contributed by atoms with Crippen LogP contribution in [-0.4, -0.2) is 4.98 Å². The summed E-state index contributed by atoms with van der Waals surface area (Å²) in [6.07, 6.45) is 0.810. The molecule has 0 spiro atoms. The van der Waals surface area contributed by atoms with Crippen LogP contribution in [0.5, 0.6) is 0 Å². The molecule has 4 heteroatoms. The zero-order chi connectivity index (χ0) is 12.6. The monoisotopic (exact) mass is 233 g/mol. The topological polar surface area (TPSA) is 50.9 Å². The van der Waals surface area contributed by atoms with Crippen molar-refractivity contribution in [1.29, 1.82) is 0 Å². The van der Waals surface area contributed by atoms with Crippen LogP contribution in [-0.2, 0) is 6.42 Å². The largest absolute Gasteiger partial charge is 0.323 e. The predicted octanol–water partition coefficient (Wildman–Crippen LogP) is 2.84. The maximum atomic E-state index is 13.8. The standard InChI is InChI=1S/C13H16FN3/c1-4-9-8(3)16-13-10(14)6-5-7(2)11(13)12(9)17-15/h5-6H,4,15H2,1-3H3,(H,16,17). The van der Waals surface area contributed by atoms with Crippen molar-refractivity contribution in [3.63, 3.8) is 0 Å². The number of hydrazine groups is 1. The second kappa shape index (κ2) is 4.30. The van der Waals surface area contributed by atoms with Crippen molar-refractivity contribution in [1.82, 2.24) is 4.98 Å². The van der Waals surface area contributed by atoms with Crippen LogP contribution in [0.15, 0.2) is 12.1 Å². The van der Waals surface area contributed by atoms with Crippen LogP contribution in [0.1, 0.15) is 23.7 Å². The molecule has 0 aliphatic heterocycles. The van der Waals surface area contributed by atoms with Gasteiger partial charge < -0.3 is 5.43 Å². The fourth-order valence-corrected chi connectivity index (χ4v) is 2.25. The Bertz CT molecular complexity index is 579. The van der Waals surface area contributed by atoms with Gasteiger partial charge in [0.15, 0.2) is 0 Å². The Labute approximate surface area is 99.8 Å². The van der Waals surface area contributed by atoms with E-state index in [-0.39, 0.29) is 5.82 Å². The van der Waals surface area contributed by atoms with Crippen LogP contribution in [0.3, 0.4) is 0 Å². The SMILES string of the molecule is CCc1c(C)nc2c(F)ccc(C)c2c1NN. The number of rotatable bonds is 2. The fraction of sp³-hybridized carbons (Fsp3) is 0.308. The first-order chi connectivity index (χ1) is 8.10. The Morgan fingerprint density at radius 3 is 2.65 bits per heavy atom. The molecule has 0 saturated heterocycles. The third kappa shape index (κ3) is 1.74. The number of pyridine rings is 1. The summed E-state index contributed by atoms with van der Waals surface area (Å²) in [7, 11) is 0. The van der Waals surface area contributed by atoms with Crippen molar-refractivity contribution in [2.75, 3.05) is 5.43 Å². The first-order valence-electron chi connectivity index (χ1n) is 5.65. The predicted molar refractivity (Wildman–Crippen MR) is 68.4 cm³/mol. The Morgan fingerprint density at radius 1 is 1.35 bits per heavy atom. The fourth-order valence-electron chi connectivity index (χ4n) is 2.25. The number of benzene rings is 1. The minimum atomic E-state index is -0.312. The van der Waals surface area contributed by atoms with E-state index in [2.05, 4.69) is 10.4 Å². The van der Waals surface area contributed by atoms with Crippen molar-refractivity contribution in [2.45, 2.75) is 27.2 Å². The summed E-state index contributed by atoms with van der Waals surface area (Å²) in [5.74, 6) is 5.27. The molecule has 3 nitrogen and oxygen atoms in total. The zero-order valence-corrected chi connectivity index (χ0v) is 10.3. The summed E-state index contributed by atoms with van der Waals surface area (Å²) in [4.78, 5) is 4.34. The smallest absolute Gasteiger partial charge is 0.149 e. The van der Waals surface area contributed by atoms with E-state index >= 15 is 0 Å². The van der Waals surface area contributed by atoms with E-state index in [0.717, 1.165) is 34.3 Å². The quantitative estimate of drug-likeness (QED) is 0.619. The van der Waals surface area contributed by atoms with Gasteiger partial charge in [-0.25, -0.2) is 9.37 Å². The van der Waals surface area contributed by atoms with E-state index in [0.29, 0.717) is 5.52 Å². The molecular formula is C13H16FN3. The molecule has 0 unspecified atom stereocenters. The minimum Gasteiger partial charge on any atom is -0.323 e. The van der Waals surface area contributed by atoms with Gasteiger partial charge in [0.25, 0.3) is 0 Å². The van der Waals surface area contributed by atoms with Gasteiger partial charge in [-0.2, -0.15) is 0 Å². The van der Waals surface area contributed by atoms with Crippen LogP contribution in [0.2, 0.25) is 0 Å². The van der Waals surface area contributed by atoms with Gasteiger partial charge in [0.05, 0.1) is 5.69 Å². The Balaban J connectivity index is 2.98. The number of anilines is 1. The van der Waals surface area contributed by atoms with Gasteiger partial charge in [-0.15, -0.1) is 0 Å². The number of nitrogens with two attached hydrogens (primary N) is 1. The van der Waals surface area contributed by atoms with Crippen LogP contribution in [0.4, 0.5) is 10.1 Å². The maximum Gasteiger partial charge on any atom is 0.149 e. The molecule has 90 valence electrons. The highest BCUT2D eigenvalue weighted by Crippen LogP contribution is 2.31. The number of nitrogens with one attached hydrogen (secondary N) is 1. The lowest BCUT2D eigenvalue weighted by molar-refractivity contribution is 0.636. The second-order valence-electron chi connectivity index (χ2n) is 4.14. The lowest BCUT2D eigenvalue weighted by atomic mass is 10.0. The number of fused-ring (bicyclic) bond motifs is 1. The summed E-state index contributed by atoms with van der Waals surface area (Å²) in [6, 6.07) is 3.19. The highest BCUT2D eigenvalue weighted by molar-refractivity contribution is 5.96. The number of nitrogens with zero attached hydrogens (tertiary/aromatic N) is 1. The highest BCUT2D eigenvalue weighted by Gasteiger charge is 2.14. The molecule has 1 heterocycles. The van der Waals surface area contributed by atoms with E-state index in [1.165, 1.54) is 6.07 Å². The van der Waals surface area contributed by atoms with Gasteiger partial charge in [0.1, 0.15) is 11.3 Å². The molecule has 0 fully saturated rings. The molecule has 0 radical (unpaired) electrons. The summed E-state index contributed by atoms with van der Waals surface area (Å²) >= 11 is 0. The average Bonchev–Trinajstić information content (AvgIpc) is 2.32. The van der Waals surface area contributed by atoms with Crippen molar-refractivity contribution in [2.24, 2.45) is 5.84 Å². The highest BCUT2D eigenvalue weighted by atomic mass is 19.1. The molecule has 0 saturated carbocycles. The zero-order valence-electron chi connectivity index (χ0n) is 10.3. The molecular weight excluding hydrogens is 217 g/mol. The summed E-state index contributed by atoms with van der Waals surface area (Å²) in [5, 5.41) is 0.773. The molecule has 0 aliphatic rings. The molecule has 2 rings (SSSR count). The van der Waals surface area contributed by atoms with Crippen LogP contribution >= 0.6 is 0 Å². The third-order valence-electron chi connectivity index (χ3n) is 3.10. The van der Waals surface area contributed by atoms with Crippen LogP contribution in [0.25, 0.3) is 10.9 Å². The van der Waals surface area contributed by atoms with E-state index in [1.54, 1.807) is 6.07 Å². The second-order valence-corrected chi connectivity index (χ2v) is 4.14. The molecule has 0 amide bonds. The number of nitrogen functional groups attached to an aromatic ring is 1. The van der Waals surface area contributed by atoms with Crippen molar-refractivity contribution in [3.8, 4) is 0 Å². The maximum absolute atomic E-state index is 13.8. The summed E-state index contributed by atoms with van der Waals surface area (Å²) < 4.78 is 13.8. The molecule has 2 aromatic rings. The van der Waals surface area contributed by atoms with Gasteiger partial charge in [-0.3, -0.25) is 5.84 Å². The molecule has 1 aromatic heterocycles. The molecule has 0 aliphatic carbocycles. The van der Waals surface area contributed by atoms with Crippen LogP contribution in [0, 0.1) is 19.7 Å². The van der Waals surface area contributed by atoms with E-state index in [1.807, 2.05) is 20.8 Å². The van der Waals surface area contributed by atoms with E-state index in [4.69, 9.17) is 5.84 Å². The molecule has 0 bridgehead atoms. The first-order valence-corrected chi connectivity index (χ1v) is 5.65. The lowest BCUT2D eigenvalue weighted by Crippen LogP contribution is -2.12. The van der Waals surface area contributed by atoms with E-state index < -0.39 is 0 Å². The first kappa shape index (κ1) is 11.8.